The first-order chi connectivity index (χ1) is 11.9. The number of nitrogens with one attached hydrogen (secondary N) is 1. The van der Waals surface area contributed by atoms with Gasteiger partial charge in [-0.15, -0.1) is 11.3 Å². The Morgan fingerprint density at radius 1 is 1.16 bits per heavy atom. The minimum atomic E-state index is -3.66. The summed E-state index contributed by atoms with van der Waals surface area (Å²) in [5, 5.41) is 4.14. The SMILES string of the molecule is CNC(=O)c1sccc1S(=O)(=O)N1CCN(c2cccc(C)c2)CC1. The fraction of sp³-hybridized carbons (Fsp3) is 0.353. The highest BCUT2D eigenvalue weighted by Crippen LogP contribution is 2.27. The van der Waals surface area contributed by atoms with Gasteiger partial charge in [-0.2, -0.15) is 4.31 Å². The average molecular weight is 380 g/mol. The van der Waals surface area contributed by atoms with Gasteiger partial charge in [0, 0.05) is 38.9 Å². The lowest BCUT2D eigenvalue weighted by Gasteiger charge is -2.35. The summed E-state index contributed by atoms with van der Waals surface area (Å²) in [6.07, 6.45) is 0. The third-order valence-electron chi connectivity index (χ3n) is 4.29. The molecule has 0 spiro atoms. The molecule has 1 fully saturated rings. The third kappa shape index (κ3) is 3.56. The number of carbonyl (C=O) groups excluding carboxylic acids is 1. The van der Waals surface area contributed by atoms with Crippen LogP contribution in [0.3, 0.4) is 0 Å². The van der Waals surface area contributed by atoms with Crippen molar-refractivity contribution in [3.8, 4) is 0 Å². The maximum Gasteiger partial charge on any atom is 0.262 e. The molecule has 0 aliphatic carbocycles. The van der Waals surface area contributed by atoms with E-state index in [4.69, 9.17) is 0 Å². The van der Waals surface area contributed by atoms with Gasteiger partial charge in [0.25, 0.3) is 5.91 Å². The standard InChI is InChI=1S/C17H21N3O3S2/c1-13-4-3-5-14(12-13)19-7-9-20(10-8-19)25(22,23)15-6-11-24-16(15)17(21)18-2/h3-6,11-12H,7-10H2,1-2H3,(H,18,21). The molecule has 1 amide bonds. The molecule has 0 saturated carbocycles. The van der Waals surface area contributed by atoms with Crippen molar-refractivity contribution in [3.05, 3.63) is 46.2 Å². The van der Waals surface area contributed by atoms with Crippen molar-refractivity contribution < 1.29 is 13.2 Å². The van der Waals surface area contributed by atoms with E-state index in [0.717, 1.165) is 17.0 Å². The van der Waals surface area contributed by atoms with E-state index in [1.807, 2.05) is 25.1 Å². The molecule has 1 aromatic carbocycles. The molecule has 8 heteroatoms. The number of anilines is 1. The number of benzene rings is 1. The van der Waals surface area contributed by atoms with Crippen LogP contribution in [0.15, 0.2) is 40.6 Å². The second kappa shape index (κ2) is 7.15. The Bertz CT molecular complexity index is 869. The van der Waals surface area contributed by atoms with E-state index in [1.54, 1.807) is 5.38 Å². The van der Waals surface area contributed by atoms with Gasteiger partial charge in [0.05, 0.1) is 0 Å². The maximum absolute atomic E-state index is 12.9. The van der Waals surface area contributed by atoms with Crippen LogP contribution in [-0.4, -0.2) is 51.9 Å². The largest absolute Gasteiger partial charge is 0.369 e. The van der Waals surface area contributed by atoms with Crippen LogP contribution < -0.4 is 10.2 Å². The molecule has 1 saturated heterocycles. The van der Waals surface area contributed by atoms with Gasteiger partial charge in [0.1, 0.15) is 9.77 Å². The predicted molar refractivity (Wildman–Crippen MR) is 99.9 cm³/mol. The molecule has 3 rings (SSSR count). The molecule has 0 atom stereocenters. The summed E-state index contributed by atoms with van der Waals surface area (Å²) >= 11 is 1.14. The second-order valence-corrected chi connectivity index (χ2v) is 8.75. The van der Waals surface area contributed by atoms with Crippen LogP contribution >= 0.6 is 11.3 Å². The number of amides is 1. The summed E-state index contributed by atoms with van der Waals surface area (Å²) in [4.78, 5) is 14.4. The smallest absolute Gasteiger partial charge is 0.262 e. The lowest BCUT2D eigenvalue weighted by molar-refractivity contribution is 0.0964. The van der Waals surface area contributed by atoms with Gasteiger partial charge in [-0.1, -0.05) is 12.1 Å². The monoisotopic (exact) mass is 379 g/mol. The van der Waals surface area contributed by atoms with E-state index < -0.39 is 10.0 Å². The summed E-state index contributed by atoms with van der Waals surface area (Å²) in [7, 11) is -2.16. The molecule has 0 bridgehead atoms. The van der Waals surface area contributed by atoms with Crippen molar-refractivity contribution in [3.63, 3.8) is 0 Å². The number of carbonyl (C=O) groups is 1. The van der Waals surface area contributed by atoms with Crippen molar-refractivity contribution >= 4 is 33.0 Å². The van der Waals surface area contributed by atoms with Crippen LogP contribution in [0.1, 0.15) is 15.2 Å². The number of hydrogen-bond acceptors (Lipinski definition) is 5. The highest BCUT2D eigenvalue weighted by atomic mass is 32.2. The highest BCUT2D eigenvalue weighted by molar-refractivity contribution is 7.89. The van der Waals surface area contributed by atoms with Crippen molar-refractivity contribution in [2.45, 2.75) is 11.8 Å². The van der Waals surface area contributed by atoms with Gasteiger partial charge < -0.3 is 10.2 Å². The van der Waals surface area contributed by atoms with Gasteiger partial charge in [0.2, 0.25) is 10.0 Å². The first-order valence-electron chi connectivity index (χ1n) is 8.05. The molecular weight excluding hydrogens is 358 g/mol. The van der Waals surface area contributed by atoms with E-state index >= 15 is 0 Å². The molecule has 0 radical (unpaired) electrons. The number of piperazine rings is 1. The van der Waals surface area contributed by atoms with Crippen molar-refractivity contribution in [1.82, 2.24) is 9.62 Å². The number of nitrogens with zero attached hydrogens (tertiary/aromatic N) is 2. The maximum atomic E-state index is 12.9. The number of thiophene rings is 1. The number of aryl methyl sites for hydroxylation is 1. The van der Waals surface area contributed by atoms with Gasteiger partial charge in [0.15, 0.2) is 0 Å². The first kappa shape index (κ1) is 17.9. The zero-order chi connectivity index (χ0) is 18.0. The molecule has 1 aromatic heterocycles. The van der Waals surface area contributed by atoms with Gasteiger partial charge in [-0.05, 0) is 36.1 Å². The van der Waals surface area contributed by atoms with Crippen LogP contribution in [0.5, 0.6) is 0 Å². The lowest BCUT2D eigenvalue weighted by atomic mass is 10.2. The Labute approximate surface area is 152 Å². The Kier molecular flexibility index (Phi) is 5.12. The van der Waals surface area contributed by atoms with Crippen LogP contribution in [0, 0.1) is 6.92 Å². The Balaban J connectivity index is 1.76. The van der Waals surface area contributed by atoms with Crippen LogP contribution in [0.4, 0.5) is 5.69 Å². The molecule has 1 aliphatic heterocycles. The topological polar surface area (TPSA) is 69.7 Å². The van der Waals surface area contributed by atoms with Gasteiger partial charge in [-0.3, -0.25) is 4.79 Å². The van der Waals surface area contributed by atoms with E-state index in [1.165, 1.54) is 23.0 Å². The molecule has 1 N–H and O–H groups in total. The highest BCUT2D eigenvalue weighted by Gasteiger charge is 2.32. The summed E-state index contributed by atoms with van der Waals surface area (Å²) < 4.78 is 27.3. The molecule has 6 nitrogen and oxygen atoms in total. The molecule has 2 heterocycles. The summed E-state index contributed by atoms with van der Waals surface area (Å²) in [5.41, 5.74) is 2.29. The normalized spacial score (nSPS) is 16.0. The summed E-state index contributed by atoms with van der Waals surface area (Å²) in [5.74, 6) is -0.369. The number of rotatable bonds is 4. The molecule has 0 unspecified atom stereocenters. The molecular formula is C17H21N3O3S2. The van der Waals surface area contributed by atoms with Crippen LogP contribution in [-0.2, 0) is 10.0 Å². The van der Waals surface area contributed by atoms with E-state index in [2.05, 4.69) is 16.3 Å². The summed E-state index contributed by atoms with van der Waals surface area (Å²) in [6, 6.07) is 9.71. The molecule has 1 aliphatic rings. The van der Waals surface area contributed by atoms with E-state index in [9.17, 15) is 13.2 Å². The Morgan fingerprint density at radius 3 is 2.52 bits per heavy atom. The number of sulfonamides is 1. The first-order valence-corrected chi connectivity index (χ1v) is 10.4. The quantitative estimate of drug-likeness (QED) is 0.881. The Morgan fingerprint density at radius 2 is 1.88 bits per heavy atom. The van der Waals surface area contributed by atoms with Crippen LogP contribution in [0.25, 0.3) is 0 Å². The minimum Gasteiger partial charge on any atom is -0.369 e. The molecule has 2 aromatic rings. The fourth-order valence-corrected chi connectivity index (χ4v) is 5.70. The molecule has 134 valence electrons. The average Bonchev–Trinajstić information content (AvgIpc) is 3.12. The Hall–Kier alpha value is -1.90. The van der Waals surface area contributed by atoms with Crippen molar-refractivity contribution in [2.24, 2.45) is 0 Å². The second-order valence-electron chi connectivity index (χ2n) is 5.92. The third-order valence-corrected chi connectivity index (χ3v) is 7.27. The summed E-state index contributed by atoms with van der Waals surface area (Å²) in [6.45, 7) is 4.10. The van der Waals surface area contributed by atoms with Gasteiger partial charge >= 0.3 is 0 Å². The van der Waals surface area contributed by atoms with Crippen LogP contribution in [0.2, 0.25) is 0 Å². The zero-order valence-corrected chi connectivity index (χ0v) is 15.9. The predicted octanol–water partition coefficient (Wildman–Crippen LogP) is 1.93. The number of hydrogen-bond donors (Lipinski definition) is 1. The van der Waals surface area contributed by atoms with Crippen molar-refractivity contribution in [1.29, 1.82) is 0 Å². The minimum absolute atomic E-state index is 0.0980. The lowest BCUT2D eigenvalue weighted by Crippen LogP contribution is -2.48. The van der Waals surface area contributed by atoms with Crippen molar-refractivity contribution in [2.75, 3.05) is 38.1 Å². The van der Waals surface area contributed by atoms with E-state index in [-0.39, 0.29) is 15.7 Å². The molecule has 25 heavy (non-hydrogen) atoms. The van der Waals surface area contributed by atoms with E-state index in [0.29, 0.717) is 26.2 Å². The van der Waals surface area contributed by atoms with Gasteiger partial charge in [-0.25, -0.2) is 8.42 Å². The zero-order valence-electron chi connectivity index (χ0n) is 14.2. The fourth-order valence-electron chi connectivity index (χ4n) is 2.93.